The molecule has 0 aromatic heterocycles. The van der Waals surface area contributed by atoms with Gasteiger partial charge in [-0.2, -0.15) is 0 Å². The second-order valence-electron chi connectivity index (χ2n) is 6.65. The molecule has 2 amide bonds. The van der Waals surface area contributed by atoms with E-state index in [1.807, 2.05) is 61.5 Å². The van der Waals surface area contributed by atoms with Crippen molar-refractivity contribution in [1.29, 1.82) is 0 Å². The van der Waals surface area contributed by atoms with E-state index in [4.69, 9.17) is 4.74 Å². The van der Waals surface area contributed by atoms with Crippen molar-refractivity contribution in [2.24, 2.45) is 0 Å². The number of hydrogen-bond acceptors (Lipinski definition) is 4. The lowest BCUT2D eigenvalue weighted by Crippen LogP contribution is -2.22. The predicted molar refractivity (Wildman–Crippen MR) is 113 cm³/mol. The van der Waals surface area contributed by atoms with E-state index in [0.717, 1.165) is 16.3 Å². The highest BCUT2D eigenvalue weighted by Crippen LogP contribution is 2.22. The number of hydrogen-bond donors (Lipinski definition) is 2. The summed E-state index contributed by atoms with van der Waals surface area (Å²) < 4.78 is 4.98. The van der Waals surface area contributed by atoms with Crippen LogP contribution < -0.4 is 10.6 Å². The molecule has 0 fully saturated rings. The average molecular weight is 390 g/mol. The molecular weight excluding hydrogens is 368 g/mol. The summed E-state index contributed by atoms with van der Waals surface area (Å²) in [5, 5.41) is 7.38. The molecule has 0 spiro atoms. The molecule has 0 aliphatic carbocycles. The van der Waals surface area contributed by atoms with Crippen LogP contribution in [0, 0.1) is 6.92 Å². The maximum absolute atomic E-state index is 12.1. The van der Waals surface area contributed by atoms with Gasteiger partial charge < -0.3 is 15.4 Å². The summed E-state index contributed by atoms with van der Waals surface area (Å²) in [6.07, 6.45) is -0.114. The van der Waals surface area contributed by atoms with Gasteiger partial charge in [0.15, 0.2) is 6.61 Å². The van der Waals surface area contributed by atoms with Crippen molar-refractivity contribution in [3.8, 4) is 0 Å². The third-order valence-electron chi connectivity index (χ3n) is 4.29. The van der Waals surface area contributed by atoms with Gasteiger partial charge in [-0.25, -0.2) is 0 Å². The molecule has 3 aromatic carbocycles. The van der Waals surface area contributed by atoms with E-state index in [1.54, 1.807) is 12.1 Å². The van der Waals surface area contributed by atoms with Gasteiger partial charge in [0.25, 0.3) is 5.91 Å². The summed E-state index contributed by atoms with van der Waals surface area (Å²) in [6, 6.07) is 20.6. The number of carbonyl (C=O) groups excluding carboxylic acids is 3. The van der Waals surface area contributed by atoms with Gasteiger partial charge in [0.05, 0.1) is 6.42 Å². The highest BCUT2D eigenvalue weighted by Gasteiger charge is 2.12. The van der Waals surface area contributed by atoms with Gasteiger partial charge in [-0.1, -0.05) is 48.5 Å². The summed E-state index contributed by atoms with van der Waals surface area (Å²) in [5.74, 6) is -1.32. The van der Waals surface area contributed by atoms with E-state index in [9.17, 15) is 14.4 Å². The van der Waals surface area contributed by atoms with E-state index in [0.29, 0.717) is 11.4 Å². The number of aryl methyl sites for hydroxylation is 1. The predicted octanol–water partition coefficient (Wildman–Crippen LogP) is 4.05. The van der Waals surface area contributed by atoms with Crippen LogP contribution in [0.3, 0.4) is 0 Å². The molecular formula is C23H22N2O4. The Hall–Kier alpha value is -3.67. The van der Waals surface area contributed by atoms with E-state index >= 15 is 0 Å². The van der Waals surface area contributed by atoms with Crippen molar-refractivity contribution < 1.29 is 19.1 Å². The molecule has 29 heavy (non-hydrogen) atoms. The van der Waals surface area contributed by atoms with Crippen molar-refractivity contribution in [3.63, 3.8) is 0 Å². The Morgan fingerprint density at radius 3 is 2.41 bits per heavy atom. The van der Waals surface area contributed by atoms with E-state index in [2.05, 4.69) is 10.6 Å². The Labute approximate surface area is 168 Å². The van der Waals surface area contributed by atoms with Crippen LogP contribution in [-0.4, -0.2) is 24.4 Å². The van der Waals surface area contributed by atoms with Gasteiger partial charge in [0.2, 0.25) is 5.91 Å². The number of amides is 2. The minimum Gasteiger partial charge on any atom is -0.456 e. The molecule has 0 aliphatic rings. The summed E-state index contributed by atoms with van der Waals surface area (Å²) >= 11 is 0. The second kappa shape index (κ2) is 9.50. The van der Waals surface area contributed by atoms with Crippen LogP contribution in [0.4, 0.5) is 11.4 Å². The van der Waals surface area contributed by atoms with Gasteiger partial charge in [-0.05, 0) is 36.1 Å². The maximum atomic E-state index is 12.1. The number of benzene rings is 3. The Bertz CT molecular complexity index is 1040. The van der Waals surface area contributed by atoms with Gasteiger partial charge in [0, 0.05) is 23.2 Å². The monoisotopic (exact) mass is 390 g/mol. The number of carbonyl (C=O) groups is 3. The molecule has 0 bridgehead atoms. The standard InChI is InChI=1S/C23H22N2O4/c1-16-6-4-9-18(14-16)24-21(26)12-13-23(28)29-15-22(27)25-20-11-5-8-17-7-2-3-10-19(17)20/h2-11,14H,12-13,15H2,1H3,(H,24,26)(H,25,27). The van der Waals surface area contributed by atoms with Gasteiger partial charge in [-0.3, -0.25) is 14.4 Å². The number of ether oxygens (including phenoxy) is 1. The number of anilines is 2. The molecule has 3 rings (SSSR count). The minimum atomic E-state index is -0.600. The molecule has 6 nitrogen and oxygen atoms in total. The molecule has 0 radical (unpaired) electrons. The van der Waals surface area contributed by atoms with Crippen LogP contribution in [0.25, 0.3) is 10.8 Å². The highest BCUT2D eigenvalue weighted by atomic mass is 16.5. The summed E-state index contributed by atoms with van der Waals surface area (Å²) in [5.41, 5.74) is 2.36. The van der Waals surface area contributed by atoms with E-state index in [1.165, 1.54) is 0 Å². The topological polar surface area (TPSA) is 84.5 Å². The molecule has 0 unspecified atom stereocenters. The van der Waals surface area contributed by atoms with E-state index in [-0.39, 0.29) is 18.7 Å². The largest absolute Gasteiger partial charge is 0.456 e. The molecule has 148 valence electrons. The minimum absolute atomic E-state index is 0.0162. The number of nitrogens with one attached hydrogen (secondary N) is 2. The molecule has 0 atom stereocenters. The summed E-state index contributed by atoms with van der Waals surface area (Å²) in [7, 11) is 0. The lowest BCUT2D eigenvalue weighted by Gasteiger charge is -2.09. The van der Waals surface area contributed by atoms with Crippen molar-refractivity contribution in [2.45, 2.75) is 19.8 Å². The smallest absolute Gasteiger partial charge is 0.306 e. The van der Waals surface area contributed by atoms with Crippen LogP contribution in [0.15, 0.2) is 66.7 Å². The number of rotatable bonds is 7. The quantitative estimate of drug-likeness (QED) is 0.596. The Kier molecular flexibility index (Phi) is 6.58. The zero-order valence-electron chi connectivity index (χ0n) is 16.1. The Morgan fingerprint density at radius 2 is 1.59 bits per heavy atom. The third kappa shape index (κ3) is 5.90. The number of esters is 1. The third-order valence-corrected chi connectivity index (χ3v) is 4.29. The van der Waals surface area contributed by atoms with Gasteiger partial charge >= 0.3 is 5.97 Å². The fourth-order valence-electron chi connectivity index (χ4n) is 2.90. The zero-order valence-corrected chi connectivity index (χ0v) is 16.1. The molecule has 2 N–H and O–H groups in total. The first-order valence-corrected chi connectivity index (χ1v) is 9.31. The fourth-order valence-corrected chi connectivity index (χ4v) is 2.90. The molecule has 0 heterocycles. The lowest BCUT2D eigenvalue weighted by atomic mass is 10.1. The van der Waals surface area contributed by atoms with Crippen molar-refractivity contribution in [3.05, 3.63) is 72.3 Å². The molecule has 6 heteroatoms. The highest BCUT2D eigenvalue weighted by molar-refractivity contribution is 6.02. The van der Waals surface area contributed by atoms with Crippen molar-refractivity contribution in [1.82, 2.24) is 0 Å². The Balaban J connectivity index is 1.43. The SMILES string of the molecule is Cc1cccc(NC(=O)CCC(=O)OCC(=O)Nc2cccc3ccccc23)c1. The lowest BCUT2D eigenvalue weighted by molar-refractivity contribution is -0.147. The van der Waals surface area contributed by atoms with Crippen LogP contribution in [0.2, 0.25) is 0 Å². The Morgan fingerprint density at radius 1 is 0.828 bits per heavy atom. The second-order valence-corrected chi connectivity index (χ2v) is 6.65. The number of fused-ring (bicyclic) bond motifs is 1. The first-order valence-electron chi connectivity index (χ1n) is 9.31. The summed E-state index contributed by atoms with van der Waals surface area (Å²) in [6.45, 7) is 1.53. The van der Waals surface area contributed by atoms with Gasteiger partial charge in [-0.15, -0.1) is 0 Å². The molecule has 0 saturated carbocycles. The molecule has 0 saturated heterocycles. The normalized spacial score (nSPS) is 10.4. The maximum Gasteiger partial charge on any atom is 0.306 e. The van der Waals surface area contributed by atoms with E-state index < -0.39 is 18.5 Å². The van der Waals surface area contributed by atoms with Gasteiger partial charge in [0.1, 0.15) is 0 Å². The first-order chi connectivity index (χ1) is 14.0. The van der Waals surface area contributed by atoms with Crippen molar-refractivity contribution in [2.75, 3.05) is 17.2 Å². The zero-order chi connectivity index (χ0) is 20.6. The van der Waals surface area contributed by atoms with Crippen molar-refractivity contribution >= 4 is 39.9 Å². The van der Waals surface area contributed by atoms with Crippen LogP contribution in [-0.2, 0) is 19.1 Å². The van der Waals surface area contributed by atoms with Crippen LogP contribution >= 0.6 is 0 Å². The fraction of sp³-hybridized carbons (Fsp3) is 0.174. The summed E-state index contributed by atoms with van der Waals surface area (Å²) in [4.78, 5) is 35.9. The van der Waals surface area contributed by atoms with Crippen LogP contribution in [0.1, 0.15) is 18.4 Å². The van der Waals surface area contributed by atoms with Crippen LogP contribution in [0.5, 0.6) is 0 Å². The molecule has 3 aromatic rings. The average Bonchev–Trinajstić information content (AvgIpc) is 2.71. The molecule has 0 aliphatic heterocycles. The first kappa shape index (κ1) is 20.1.